The molecule has 0 amide bonds. The molecule has 2 aromatic rings. The largest absolute Gasteiger partial charge is 0.369 e. The van der Waals surface area contributed by atoms with Gasteiger partial charge in [-0.1, -0.05) is 44.7 Å². The molecule has 10 nitrogen and oxygen atoms in total. The first-order chi connectivity index (χ1) is 20.3. The quantitative estimate of drug-likeness (QED) is 0.110. The van der Waals surface area contributed by atoms with Gasteiger partial charge in [0.25, 0.3) is 0 Å². The van der Waals surface area contributed by atoms with E-state index in [9.17, 15) is 0 Å². The van der Waals surface area contributed by atoms with Crippen LogP contribution < -0.4 is 22.1 Å². The number of aliphatic imine (C=N–C) groups is 4. The van der Waals surface area contributed by atoms with Crippen molar-refractivity contribution < 1.29 is 0 Å². The molecule has 42 heavy (non-hydrogen) atoms. The van der Waals surface area contributed by atoms with E-state index in [-0.39, 0.29) is 0 Å². The molecule has 0 unspecified atom stereocenters. The van der Waals surface area contributed by atoms with Crippen LogP contribution in [0.5, 0.6) is 0 Å². The summed E-state index contributed by atoms with van der Waals surface area (Å²) < 4.78 is 2.02. The number of anilines is 2. The van der Waals surface area contributed by atoms with E-state index in [1.807, 2.05) is 48.5 Å². The Morgan fingerprint density at radius 2 is 0.929 bits per heavy atom. The fourth-order valence-electron chi connectivity index (χ4n) is 3.99. The van der Waals surface area contributed by atoms with Crippen LogP contribution in [0.1, 0.15) is 53.4 Å². The lowest BCUT2D eigenvalue weighted by molar-refractivity contribution is 0.457. The van der Waals surface area contributed by atoms with E-state index in [0.29, 0.717) is 36.9 Å². The van der Waals surface area contributed by atoms with Crippen molar-refractivity contribution in [1.82, 2.24) is 9.80 Å². The van der Waals surface area contributed by atoms with Gasteiger partial charge in [-0.15, -0.1) is 0 Å². The number of halogens is 2. The van der Waals surface area contributed by atoms with Crippen molar-refractivity contribution in [2.75, 3.05) is 49.9 Å². The highest BCUT2D eigenvalue weighted by molar-refractivity contribution is 9.10. The van der Waals surface area contributed by atoms with Crippen molar-refractivity contribution in [1.29, 1.82) is 0 Å². The molecular weight excluding hydrogens is 660 g/mol. The topological polar surface area (TPSA) is 132 Å². The summed E-state index contributed by atoms with van der Waals surface area (Å²) >= 11 is 6.89. The highest BCUT2D eigenvalue weighted by atomic mass is 79.9. The second-order valence-corrected chi connectivity index (χ2v) is 11.2. The summed E-state index contributed by atoms with van der Waals surface area (Å²) in [6, 6.07) is 15.6. The first-order valence-corrected chi connectivity index (χ1v) is 16.2. The van der Waals surface area contributed by atoms with Crippen molar-refractivity contribution in [2.45, 2.75) is 53.4 Å². The fourth-order valence-corrected chi connectivity index (χ4v) is 4.52. The number of hydrogen-bond donors (Lipinski definition) is 4. The number of nitrogens with two attached hydrogens (primary N) is 2. The highest BCUT2D eigenvalue weighted by Gasteiger charge is 2.09. The molecule has 0 radical (unpaired) electrons. The van der Waals surface area contributed by atoms with Gasteiger partial charge in [0.1, 0.15) is 0 Å². The van der Waals surface area contributed by atoms with Gasteiger partial charge >= 0.3 is 0 Å². The lowest BCUT2D eigenvalue weighted by Gasteiger charge is -2.20. The molecule has 0 fully saturated rings. The van der Waals surface area contributed by atoms with Crippen LogP contribution in [0.2, 0.25) is 0 Å². The Kier molecular flexibility index (Phi) is 16.6. The Balaban J connectivity index is 1.90. The van der Waals surface area contributed by atoms with Gasteiger partial charge < -0.3 is 31.9 Å². The van der Waals surface area contributed by atoms with Crippen LogP contribution in [0.3, 0.4) is 0 Å². The molecule has 230 valence electrons. The van der Waals surface area contributed by atoms with Crippen LogP contribution in [0.25, 0.3) is 0 Å². The average Bonchev–Trinajstić information content (AvgIpc) is 2.97. The molecule has 12 heteroatoms. The van der Waals surface area contributed by atoms with Crippen LogP contribution >= 0.6 is 31.9 Å². The minimum Gasteiger partial charge on any atom is -0.369 e. The molecule has 0 aliphatic heterocycles. The molecule has 0 aliphatic carbocycles. The third-order valence-corrected chi connectivity index (χ3v) is 7.40. The van der Waals surface area contributed by atoms with E-state index in [2.05, 4.69) is 90.0 Å². The van der Waals surface area contributed by atoms with Crippen LogP contribution in [-0.4, -0.2) is 72.9 Å². The van der Waals surface area contributed by atoms with Crippen molar-refractivity contribution in [3.8, 4) is 0 Å². The van der Waals surface area contributed by atoms with Crippen LogP contribution in [0.15, 0.2) is 77.4 Å². The fraction of sp³-hybridized carbons (Fsp3) is 0.467. The lowest BCUT2D eigenvalue weighted by atomic mass is 10.2. The number of nitrogens with one attached hydrogen (secondary N) is 2. The lowest BCUT2D eigenvalue weighted by Crippen LogP contribution is -2.33. The Morgan fingerprint density at radius 1 is 0.595 bits per heavy atom. The standard InChI is InChI=1S/C30H46Br2N10/c1-5-41(6-2)29(39-27(33)37-25-17-13-23(31)14-18-25)35-21-11-9-10-12-22-36-30(42(7-3)8-4)40-28(34)38-26-19-15-24(32)16-20-26/h13-20H,5-12,21-22H2,1-4H3,(H3,33,35,37,39)(H3,34,36,38,40). The van der Waals surface area contributed by atoms with Gasteiger partial charge in [0, 0.05) is 59.6 Å². The van der Waals surface area contributed by atoms with E-state index in [0.717, 1.165) is 72.2 Å². The molecule has 2 rings (SSSR count). The molecule has 6 N–H and O–H groups in total. The molecule has 0 heterocycles. The maximum atomic E-state index is 6.20. The van der Waals surface area contributed by atoms with Gasteiger partial charge in [0.15, 0.2) is 0 Å². The van der Waals surface area contributed by atoms with E-state index >= 15 is 0 Å². The van der Waals surface area contributed by atoms with Gasteiger partial charge in [-0.3, -0.25) is 9.98 Å². The van der Waals surface area contributed by atoms with E-state index < -0.39 is 0 Å². The van der Waals surface area contributed by atoms with Crippen LogP contribution in [0.4, 0.5) is 11.4 Å². The molecule has 2 aromatic carbocycles. The normalized spacial score (nSPS) is 12.8. The number of rotatable bonds is 13. The number of hydrogen-bond acceptors (Lipinski definition) is 2. The van der Waals surface area contributed by atoms with Crippen molar-refractivity contribution >= 4 is 67.1 Å². The monoisotopic (exact) mass is 704 g/mol. The third-order valence-electron chi connectivity index (χ3n) is 6.34. The summed E-state index contributed by atoms with van der Waals surface area (Å²) in [5.41, 5.74) is 14.1. The predicted octanol–water partition coefficient (Wildman–Crippen LogP) is 6.32. The van der Waals surface area contributed by atoms with Gasteiger partial charge in [-0.05, 0) is 89.1 Å². The summed E-state index contributed by atoms with van der Waals surface area (Å²) in [5.74, 6) is 1.95. The molecule has 0 saturated carbocycles. The molecule has 0 spiro atoms. The molecule has 0 aliphatic rings. The highest BCUT2D eigenvalue weighted by Crippen LogP contribution is 2.15. The minimum atomic E-state index is 0.320. The minimum absolute atomic E-state index is 0.320. The third kappa shape index (κ3) is 13.2. The number of guanidine groups is 4. The average molecular weight is 707 g/mol. The molecule has 0 bridgehead atoms. The molecule has 0 atom stereocenters. The van der Waals surface area contributed by atoms with Gasteiger partial charge in [-0.25, -0.2) is 0 Å². The molecule has 0 aromatic heterocycles. The molecule has 0 saturated heterocycles. The Morgan fingerprint density at radius 3 is 1.24 bits per heavy atom. The maximum Gasteiger partial charge on any atom is 0.223 e. The summed E-state index contributed by atoms with van der Waals surface area (Å²) in [6.07, 6.45) is 4.04. The summed E-state index contributed by atoms with van der Waals surface area (Å²) in [6.45, 7) is 13.0. The number of nitrogens with zero attached hydrogens (tertiary/aromatic N) is 6. The summed E-state index contributed by atoms with van der Waals surface area (Å²) in [5, 5.41) is 6.28. The zero-order valence-corrected chi connectivity index (χ0v) is 28.5. The molecular formula is C30H46Br2N10. The Labute approximate surface area is 268 Å². The number of benzene rings is 2. The zero-order valence-electron chi connectivity index (χ0n) is 25.3. The van der Waals surface area contributed by atoms with Gasteiger partial charge in [-0.2, -0.15) is 9.98 Å². The SMILES string of the molecule is CCN(CC)C(=NCCCCCCN=C(/N=C(\N)Nc1ccc(Br)cc1)N(CC)CC)/N=C(\N)Nc1ccc(Br)cc1. The van der Waals surface area contributed by atoms with Gasteiger partial charge in [0.05, 0.1) is 0 Å². The van der Waals surface area contributed by atoms with E-state index in [1.165, 1.54) is 0 Å². The van der Waals surface area contributed by atoms with Crippen LogP contribution in [-0.2, 0) is 0 Å². The van der Waals surface area contributed by atoms with Crippen molar-refractivity contribution in [3.05, 3.63) is 57.5 Å². The smallest absolute Gasteiger partial charge is 0.223 e. The Hall–Kier alpha value is -3.12. The van der Waals surface area contributed by atoms with E-state index in [1.54, 1.807) is 0 Å². The van der Waals surface area contributed by atoms with Crippen molar-refractivity contribution in [3.63, 3.8) is 0 Å². The van der Waals surface area contributed by atoms with E-state index in [4.69, 9.17) is 21.5 Å². The summed E-state index contributed by atoms with van der Waals surface area (Å²) in [7, 11) is 0. The second kappa shape index (κ2) is 19.9. The first-order valence-electron chi connectivity index (χ1n) is 14.6. The van der Waals surface area contributed by atoms with Crippen molar-refractivity contribution in [2.24, 2.45) is 31.4 Å². The predicted molar refractivity (Wildman–Crippen MR) is 188 cm³/mol. The van der Waals surface area contributed by atoms with Crippen LogP contribution in [0, 0.1) is 0 Å². The van der Waals surface area contributed by atoms with Gasteiger partial charge in [0.2, 0.25) is 23.8 Å². The first kappa shape index (κ1) is 35.1. The maximum absolute atomic E-state index is 6.20. The second-order valence-electron chi connectivity index (χ2n) is 9.38. The summed E-state index contributed by atoms with van der Waals surface area (Å²) in [4.78, 5) is 22.9. The Bertz CT molecular complexity index is 1080. The zero-order chi connectivity index (χ0) is 30.7. The number of unbranched alkanes of at least 4 members (excludes halogenated alkanes) is 3.